The van der Waals surface area contributed by atoms with Crippen molar-refractivity contribution in [1.82, 2.24) is 10.6 Å². The molecule has 0 radical (unpaired) electrons. The highest BCUT2D eigenvalue weighted by atomic mass is 16.5. The van der Waals surface area contributed by atoms with Crippen LogP contribution in [0.4, 0.5) is 0 Å². The standard InChI is InChI=1S/C20H24N2O4/c1-25-19(23)17(21-13-15-9-5-3-6-10-15)18(20(24)26-2)22-14-16-11-7-4-8-12-16/h3-12,17-18,21-22H,13-14H2,1-2H3. The molecule has 2 rings (SSSR count). The summed E-state index contributed by atoms with van der Waals surface area (Å²) in [5.41, 5.74) is 1.99. The number of carbonyl (C=O) groups is 2. The first-order valence-electron chi connectivity index (χ1n) is 8.36. The summed E-state index contributed by atoms with van der Waals surface area (Å²) >= 11 is 0. The third-order valence-corrected chi connectivity index (χ3v) is 3.98. The molecule has 0 fully saturated rings. The first-order valence-corrected chi connectivity index (χ1v) is 8.36. The predicted octanol–water partition coefficient (Wildman–Crippen LogP) is 1.65. The summed E-state index contributed by atoms with van der Waals surface area (Å²) in [7, 11) is 2.59. The third kappa shape index (κ3) is 5.68. The van der Waals surface area contributed by atoms with E-state index < -0.39 is 24.0 Å². The van der Waals surface area contributed by atoms with Crippen molar-refractivity contribution in [2.75, 3.05) is 14.2 Å². The van der Waals surface area contributed by atoms with Crippen LogP contribution >= 0.6 is 0 Å². The van der Waals surface area contributed by atoms with Crippen LogP contribution in [0, 0.1) is 0 Å². The molecule has 6 heteroatoms. The monoisotopic (exact) mass is 356 g/mol. The Bertz CT molecular complexity index is 630. The molecule has 2 aromatic carbocycles. The molecule has 0 saturated carbocycles. The Morgan fingerprint density at radius 2 is 1.08 bits per heavy atom. The summed E-state index contributed by atoms with van der Waals surface area (Å²) < 4.78 is 9.76. The fourth-order valence-electron chi connectivity index (χ4n) is 2.58. The Hall–Kier alpha value is -2.70. The SMILES string of the molecule is COC(=O)C(NCc1ccccc1)C(NCc1ccccc1)C(=O)OC. The third-order valence-electron chi connectivity index (χ3n) is 3.98. The van der Waals surface area contributed by atoms with Gasteiger partial charge in [0.05, 0.1) is 14.2 Å². The molecule has 138 valence electrons. The van der Waals surface area contributed by atoms with E-state index in [1.165, 1.54) is 14.2 Å². The van der Waals surface area contributed by atoms with E-state index in [0.29, 0.717) is 13.1 Å². The average Bonchev–Trinajstić information content (AvgIpc) is 2.70. The second-order valence-electron chi connectivity index (χ2n) is 5.73. The maximum atomic E-state index is 12.3. The molecule has 2 unspecified atom stereocenters. The summed E-state index contributed by atoms with van der Waals surface area (Å²) in [6.07, 6.45) is 0. The van der Waals surface area contributed by atoms with Crippen molar-refractivity contribution < 1.29 is 19.1 Å². The van der Waals surface area contributed by atoms with Crippen molar-refractivity contribution >= 4 is 11.9 Å². The molecule has 6 nitrogen and oxygen atoms in total. The lowest BCUT2D eigenvalue weighted by molar-refractivity contribution is -0.152. The van der Waals surface area contributed by atoms with E-state index >= 15 is 0 Å². The van der Waals surface area contributed by atoms with Gasteiger partial charge in [-0.25, -0.2) is 0 Å². The number of carbonyl (C=O) groups excluding carboxylic acids is 2. The highest BCUT2D eigenvalue weighted by molar-refractivity contribution is 5.87. The van der Waals surface area contributed by atoms with E-state index in [4.69, 9.17) is 9.47 Å². The fourth-order valence-corrected chi connectivity index (χ4v) is 2.58. The van der Waals surface area contributed by atoms with Gasteiger partial charge in [0, 0.05) is 13.1 Å². The molecular weight excluding hydrogens is 332 g/mol. The lowest BCUT2D eigenvalue weighted by Crippen LogP contribution is -2.56. The van der Waals surface area contributed by atoms with Gasteiger partial charge in [-0.15, -0.1) is 0 Å². The number of benzene rings is 2. The maximum absolute atomic E-state index is 12.3. The minimum Gasteiger partial charge on any atom is -0.468 e. The lowest BCUT2D eigenvalue weighted by atomic mass is 10.1. The molecule has 0 heterocycles. The highest BCUT2D eigenvalue weighted by Gasteiger charge is 2.34. The number of hydrogen-bond acceptors (Lipinski definition) is 6. The Kier molecular flexibility index (Phi) is 7.79. The van der Waals surface area contributed by atoms with E-state index in [0.717, 1.165) is 11.1 Å². The van der Waals surface area contributed by atoms with Crippen LogP contribution in [0.15, 0.2) is 60.7 Å². The van der Waals surface area contributed by atoms with Gasteiger partial charge in [0.2, 0.25) is 0 Å². The van der Waals surface area contributed by atoms with Gasteiger partial charge in [-0.05, 0) is 11.1 Å². The topological polar surface area (TPSA) is 76.7 Å². The molecule has 0 aliphatic rings. The van der Waals surface area contributed by atoms with Gasteiger partial charge in [0.1, 0.15) is 12.1 Å². The van der Waals surface area contributed by atoms with Crippen LogP contribution < -0.4 is 10.6 Å². The number of nitrogens with one attached hydrogen (secondary N) is 2. The highest BCUT2D eigenvalue weighted by Crippen LogP contribution is 2.06. The molecule has 2 aromatic rings. The fraction of sp³-hybridized carbons (Fsp3) is 0.300. The van der Waals surface area contributed by atoms with Crippen LogP contribution in [0.1, 0.15) is 11.1 Å². The van der Waals surface area contributed by atoms with Crippen molar-refractivity contribution in [2.24, 2.45) is 0 Å². The van der Waals surface area contributed by atoms with E-state index in [1.807, 2.05) is 60.7 Å². The van der Waals surface area contributed by atoms with E-state index in [1.54, 1.807) is 0 Å². The molecule has 0 aromatic heterocycles. The summed E-state index contributed by atoms with van der Waals surface area (Å²) in [6.45, 7) is 0.836. The first-order chi connectivity index (χ1) is 12.7. The van der Waals surface area contributed by atoms with Gasteiger partial charge < -0.3 is 9.47 Å². The van der Waals surface area contributed by atoms with Crippen molar-refractivity contribution in [1.29, 1.82) is 0 Å². The van der Waals surface area contributed by atoms with Crippen LogP contribution in [-0.2, 0) is 32.2 Å². The van der Waals surface area contributed by atoms with Gasteiger partial charge in [-0.1, -0.05) is 60.7 Å². The van der Waals surface area contributed by atoms with Gasteiger partial charge in [-0.2, -0.15) is 0 Å². The summed E-state index contributed by atoms with van der Waals surface area (Å²) in [5, 5.41) is 6.20. The Labute approximate surface area is 153 Å². The van der Waals surface area contributed by atoms with Crippen molar-refractivity contribution in [3.05, 3.63) is 71.8 Å². The molecule has 0 bridgehead atoms. The molecule has 2 atom stereocenters. The number of esters is 2. The Morgan fingerprint density at radius 3 is 1.38 bits per heavy atom. The number of methoxy groups -OCH3 is 2. The zero-order valence-electron chi connectivity index (χ0n) is 15.0. The average molecular weight is 356 g/mol. The quantitative estimate of drug-likeness (QED) is 0.666. The van der Waals surface area contributed by atoms with Gasteiger partial charge >= 0.3 is 11.9 Å². The van der Waals surface area contributed by atoms with Gasteiger partial charge in [-0.3, -0.25) is 20.2 Å². The van der Waals surface area contributed by atoms with Crippen LogP contribution in [0.5, 0.6) is 0 Å². The zero-order chi connectivity index (χ0) is 18.8. The van der Waals surface area contributed by atoms with Crippen molar-refractivity contribution in [3.8, 4) is 0 Å². The molecule has 0 amide bonds. The molecule has 0 aliphatic carbocycles. The van der Waals surface area contributed by atoms with E-state index in [2.05, 4.69) is 10.6 Å². The van der Waals surface area contributed by atoms with Crippen LogP contribution in [0.2, 0.25) is 0 Å². The lowest BCUT2D eigenvalue weighted by Gasteiger charge is -2.25. The zero-order valence-corrected chi connectivity index (χ0v) is 15.0. The van der Waals surface area contributed by atoms with Crippen molar-refractivity contribution in [2.45, 2.75) is 25.2 Å². The first kappa shape index (κ1) is 19.6. The summed E-state index contributed by atoms with van der Waals surface area (Å²) in [6, 6.07) is 17.5. The van der Waals surface area contributed by atoms with Crippen LogP contribution in [0.3, 0.4) is 0 Å². The number of ether oxygens (including phenoxy) is 2. The molecule has 0 spiro atoms. The molecule has 0 aliphatic heterocycles. The van der Waals surface area contributed by atoms with Crippen LogP contribution in [0.25, 0.3) is 0 Å². The second kappa shape index (κ2) is 10.3. The minimum atomic E-state index is -0.878. The van der Waals surface area contributed by atoms with Crippen LogP contribution in [-0.4, -0.2) is 38.2 Å². The second-order valence-corrected chi connectivity index (χ2v) is 5.73. The van der Waals surface area contributed by atoms with Crippen molar-refractivity contribution in [3.63, 3.8) is 0 Å². The normalized spacial score (nSPS) is 12.8. The molecular formula is C20H24N2O4. The Balaban J connectivity index is 2.12. The maximum Gasteiger partial charge on any atom is 0.325 e. The molecule has 26 heavy (non-hydrogen) atoms. The smallest absolute Gasteiger partial charge is 0.325 e. The largest absolute Gasteiger partial charge is 0.468 e. The van der Waals surface area contributed by atoms with Gasteiger partial charge in [0.25, 0.3) is 0 Å². The minimum absolute atomic E-state index is 0.418. The summed E-state index contributed by atoms with van der Waals surface area (Å²) in [4.78, 5) is 24.5. The molecule has 0 saturated heterocycles. The molecule has 2 N–H and O–H groups in total. The summed E-state index contributed by atoms with van der Waals surface area (Å²) in [5.74, 6) is -1.06. The predicted molar refractivity (Wildman–Crippen MR) is 98.2 cm³/mol. The number of rotatable bonds is 9. The van der Waals surface area contributed by atoms with E-state index in [-0.39, 0.29) is 0 Å². The number of hydrogen-bond donors (Lipinski definition) is 2. The Morgan fingerprint density at radius 1 is 0.731 bits per heavy atom. The van der Waals surface area contributed by atoms with E-state index in [9.17, 15) is 9.59 Å². The van der Waals surface area contributed by atoms with Gasteiger partial charge in [0.15, 0.2) is 0 Å².